The molecule has 0 fully saturated rings. The molecule has 0 aliphatic carbocycles. The highest BCUT2D eigenvalue weighted by atomic mass is 16.5. The second-order valence-electron chi connectivity index (χ2n) is 4.29. The fraction of sp³-hybridized carbons (Fsp3) is 0.429. The van der Waals surface area contributed by atoms with Gasteiger partial charge in [-0.05, 0) is 19.1 Å². The van der Waals surface area contributed by atoms with Gasteiger partial charge in [-0.1, -0.05) is 6.07 Å². The van der Waals surface area contributed by atoms with Crippen LogP contribution in [0.5, 0.6) is 11.5 Å². The number of hydrogen-bond acceptors (Lipinski definition) is 5. The molecular formula is C14H19N3O3. The van der Waals surface area contributed by atoms with Crippen molar-refractivity contribution in [2.45, 2.75) is 26.0 Å². The van der Waals surface area contributed by atoms with E-state index in [2.05, 4.69) is 10.1 Å². The highest BCUT2D eigenvalue weighted by Crippen LogP contribution is 2.35. The molecule has 1 N–H and O–H groups in total. The van der Waals surface area contributed by atoms with Crippen LogP contribution in [0, 0.1) is 0 Å². The Hall–Kier alpha value is -2.08. The van der Waals surface area contributed by atoms with Crippen molar-refractivity contribution in [3.8, 4) is 11.5 Å². The molecule has 0 spiro atoms. The van der Waals surface area contributed by atoms with E-state index in [9.17, 15) is 5.11 Å². The molecule has 0 radical (unpaired) electrons. The zero-order chi connectivity index (χ0) is 14.5. The number of aromatic nitrogens is 3. The maximum absolute atomic E-state index is 10.5. The molecule has 0 amide bonds. The Morgan fingerprint density at radius 2 is 1.90 bits per heavy atom. The van der Waals surface area contributed by atoms with Crippen molar-refractivity contribution in [3.63, 3.8) is 0 Å². The second-order valence-corrected chi connectivity index (χ2v) is 4.29. The molecule has 20 heavy (non-hydrogen) atoms. The van der Waals surface area contributed by atoms with Gasteiger partial charge < -0.3 is 14.6 Å². The van der Waals surface area contributed by atoms with Crippen LogP contribution in [-0.2, 0) is 13.0 Å². The number of aliphatic hydroxyl groups excluding tert-OH is 1. The minimum absolute atomic E-state index is 0.352. The molecule has 0 aliphatic rings. The molecule has 1 atom stereocenters. The van der Waals surface area contributed by atoms with Gasteiger partial charge in [0.15, 0.2) is 0 Å². The molecule has 0 saturated heterocycles. The van der Waals surface area contributed by atoms with Crippen LogP contribution in [0.25, 0.3) is 0 Å². The van der Waals surface area contributed by atoms with E-state index in [1.54, 1.807) is 31.0 Å². The molecule has 0 saturated carbocycles. The van der Waals surface area contributed by atoms with Crippen LogP contribution in [0.3, 0.4) is 0 Å². The van der Waals surface area contributed by atoms with E-state index < -0.39 is 6.10 Å². The molecule has 1 aromatic carbocycles. The number of aryl methyl sites for hydroxylation is 1. The first kappa shape index (κ1) is 14.3. The highest BCUT2D eigenvalue weighted by Gasteiger charge is 2.21. The van der Waals surface area contributed by atoms with E-state index >= 15 is 0 Å². The van der Waals surface area contributed by atoms with E-state index in [1.165, 1.54) is 6.33 Å². The summed E-state index contributed by atoms with van der Waals surface area (Å²) in [5, 5.41) is 14.6. The molecule has 6 nitrogen and oxygen atoms in total. The summed E-state index contributed by atoms with van der Waals surface area (Å²) in [6.45, 7) is 2.69. The molecule has 2 rings (SSSR count). The van der Waals surface area contributed by atoms with Crippen LogP contribution in [0.2, 0.25) is 0 Å². The fourth-order valence-electron chi connectivity index (χ4n) is 2.19. The second kappa shape index (κ2) is 6.38. The number of benzene rings is 1. The SMILES string of the molecule is CCn1ncnc1CC(O)c1c(OC)cccc1OC. The van der Waals surface area contributed by atoms with Crippen molar-refractivity contribution in [3.05, 3.63) is 35.9 Å². The zero-order valence-corrected chi connectivity index (χ0v) is 11.9. The minimum Gasteiger partial charge on any atom is -0.496 e. The van der Waals surface area contributed by atoms with Crippen LogP contribution in [0.1, 0.15) is 24.4 Å². The van der Waals surface area contributed by atoms with Crippen molar-refractivity contribution in [1.82, 2.24) is 14.8 Å². The van der Waals surface area contributed by atoms with Gasteiger partial charge in [-0.3, -0.25) is 4.68 Å². The summed E-state index contributed by atoms with van der Waals surface area (Å²) in [4.78, 5) is 4.17. The van der Waals surface area contributed by atoms with E-state index in [-0.39, 0.29) is 0 Å². The maximum atomic E-state index is 10.5. The largest absolute Gasteiger partial charge is 0.496 e. The van der Waals surface area contributed by atoms with Crippen LogP contribution >= 0.6 is 0 Å². The first-order valence-electron chi connectivity index (χ1n) is 6.46. The Labute approximate surface area is 118 Å². The van der Waals surface area contributed by atoms with E-state index in [1.807, 2.05) is 13.0 Å². The summed E-state index contributed by atoms with van der Waals surface area (Å²) in [6, 6.07) is 5.42. The standard InChI is InChI=1S/C14H19N3O3/c1-4-17-13(15-9-16-17)8-10(18)14-11(19-2)6-5-7-12(14)20-3/h5-7,9-10,18H,4,8H2,1-3H3. The van der Waals surface area contributed by atoms with Crippen molar-refractivity contribution in [2.24, 2.45) is 0 Å². The van der Waals surface area contributed by atoms with Crippen LogP contribution < -0.4 is 9.47 Å². The lowest BCUT2D eigenvalue weighted by molar-refractivity contribution is 0.165. The highest BCUT2D eigenvalue weighted by molar-refractivity contribution is 5.46. The van der Waals surface area contributed by atoms with Gasteiger partial charge in [0.1, 0.15) is 23.7 Å². The topological polar surface area (TPSA) is 69.4 Å². The molecule has 0 aliphatic heterocycles. The Morgan fingerprint density at radius 3 is 2.45 bits per heavy atom. The summed E-state index contributed by atoms with van der Waals surface area (Å²) >= 11 is 0. The molecule has 1 unspecified atom stereocenters. The molecule has 1 aromatic heterocycles. The van der Waals surface area contributed by atoms with Crippen LogP contribution in [0.4, 0.5) is 0 Å². The van der Waals surface area contributed by atoms with Gasteiger partial charge in [0.05, 0.1) is 25.9 Å². The third kappa shape index (κ3) is 2.75. The number of nitrogens with zero attached hydrogens (tertiary/aromatic N) is 3. The Morgan fingerprint density at radius 1 is 1.25 bits per heavy atom. The van der Waals surface area contributed by atoms with E-state index in [0.29, 0.717) is 30.0 Å². The molecule has 0 bridgehead atoms. The van der Waals surface area contributed by atoms with Crippen LogP contribution in [-0.4, -0.2) is 34.1 Å². The van der Waals surface area contributed by atoms with Gasteiger partial charge in [-0.2, -0.15) is 5.10 Å². The van der Waals surface area contributed by atoms with Gasteiger partial charge in [0.2, 0.25) is 0 Å². The number of methoxy groups -OCH3 is 2. The normalized spacial score (nSPS) is 12.2. The lowest BCUT2D eigenvalue weighted by atomic mass is 10.0. The maximum Gasteiger partial charge on any atom is 0.138 e. The summed E-state index contributed by atoms with van der Waals surface area (Å²) in [7, 11) is 3.14. The first-order valence-corrected chi connectivity index (χ1v) is 6.46. The lowest BCUT2D eigenvalue weighted by Crippen LogP contribution is -2.11. The zero-order valence-electron chi connectivity index (χ0n) is 11.9. The summed E-state index contributed by atoms with van der Waals surface area (Å²) < 4.78 is 12.4. The molecule has 1 heterocycles. The average Bonchev–Trinajstić information content (AvgIpc) is 2.93. The van der Waals surface area contributed by atoms with Gasteiger partial charge in [0.25, 0.3) is 0 Å². The van der Waals surface area contributed by atoms with Gasteiger partial charge in [-0.15, -0.1) is 0 Å². The lowest BCUT2D eigenvalue weighted by Gasteiger charge is -2.17. The number of ether oxygens (including phenoxy) is 2. The number of rotatable bonds is 6. The Kier molecular flexibility index (Phi) is 4.57. The molecular weight excluding hydrogens is 258 g/mol. The summed E-state index contributed by atoms with van der Waals surface area (Å²) in [5.74, 6) is 1.92. The Balaban J connectivity index is 2.31. The number of aliphatic hydroxyl groups is 1. The fourth-order valence-corrected chi connectivity index (χ4v) is 2.19. The first-order chi connectivity index (χ1) is 9.71. The summed E-state index contributed by atoms with van der Waals surface area (Å²) in [5.41, 5.74) is 0.628. The minimum atomic E-state index is -0.768. The quantitative estimate of drug-likeness (QED) is 0.868. The van der Waals surface area contributed by atoms with E-state index in [0.717, 1.165) is 5.82 Å². The number of hydrogen-bond donors (Lipinski definition) is 1. The van der Waals surface area contributed by atoms with Crippen molar-refractivity contribution < 1.29 is 14.6 Å². The summed E-state index contributed by atoms with van der Waals surface area (Å²) in [6.07, 6.45) is 1.07. The van der Waals surface area contributed by atoms with E-state index in [4.69, 9.17) is 9.47 Å². The average molecular weight is 277 g/mol. The van der Waals surface area contributed by atoms with Crippen molar-refractivity contribution in [2.75, 3.05) is 14.2 Å². The van der Waals surface area contributed by atoms with Crippen molar-refractivity contribution >= 4 is 0 Å². The van der Waals surface area contributed by atoms with Gasteiger partial charge in [0, 0.05) is 13.0 Å². The third-order valence-corrected chi connectivity index (χ3v) is 3.17. The van der Waals surface area contributed by atoms with Crippen LogP contribution in [0.15, 0.2) is 24.5 Å². The monoisotopic (exact) mass is 277 g/mol. The predicted molar refractivity (Wildman–Crippen MR) is 73.9 cm³/mol. The van der Waals surface area contributed by atoms with Crippen molar-refractivity contribution in [1.29, 1.82) is 0 Å². The third-order valence-electron chi connectivity index (χ3n) is 3.17. The smallest absolute Gasteiger partial charge is 0.138 e. The molecule has 2 aromatic rings. The van der Waals surface area contributed by atoms with Gasteiger partial charge >= 0.3 is 0 Å². The molecule has 108 valence electrons. The molecule has 6 heteroatoms. The Bertz CT molecular complexity index is 546. The predicted octanol–water partition coefficient (Wildman–Crippen LogP) is 1.59. The van der Waals surface area contributed by atoms with Gasteiger partial charge in [-0.25, -0.2) is 4.98 Å².